The standard InChI is InChI=1S/C19H17ClN2O5/c1-26-12-4-6-16(27-2)15(10-12)21-17(23)7-8-22-18(24)13-5-3-11(20)9-14(13)19(22)25/h3-6,9-10H,7-8H2,1-2H3,(H,21,23). The predicted molar refractivity (Wildman–Crippen MR) is 99.6 cm³/mol. The minimum atomic E-state index is -0.454. The molecule has 0 spiro atoms. The molecule has 1 aliphatic heterocycles. The topological polar surface area (TPSA) is 84.9 Å². The minimum Gasteiger partial charge on any atom is -0.497 e. The highest BCUT2D eigenvalue weighted by atomic mass is 35.5. The number of rotatable bonds is 6. The second-order valence-electron chi connectivity index (χ2n) is 5.82. The van der Waals surface area contributed by atoms with Crippen molar-refractivity contribution in [3.05, 3.63) is 52.5 Å². The molecule has 0 saturated carbocycles. The van der Waals surface area contributed by atoms with Crippen LogP contribution in [-0.2, 0) is 4.79 Å². The van der Waals surface area contributed by atoms with E-state index in [1.165, 1.54) is 26.4 Å². The first-order valence-electron chi connectivity index (χ1n) is 8.12. The zero-order chi connectivity index (χ0) is 19.6. The van der Waals surface area contributed by atoms with Crippen molar-refractivity contribution in [2.45, 2.75) is 6.42 Å². The van der Waals surface area contributed by atoms with E-state index in [2.05, 4.69) is 5.32 Å². The number of nitrogens with zero attached hydrogens (tertiary/aromatic N) is 1. The number of carbonyl (C=O) groups excluding carboxylic acids is 3. The maximum absolute atomic E-state index is 12.4. The monoisotopic (exact) mass is 388 g/mol. The number of amides is 3. The fraction of sp³-hybridized carbons (Fsp3) is 0.211. The van der Waals surface area contributed by atoms with Gasteiger partial charge in [0, 0.05) is 24.1 Å². The molecule has 1 aliphatic rings. The van der Waals surface area contributed by atoms with Gasteiger partial charge in [0.15, 0.2) is 0 Å². The maximum atomic E-state index is 12.4. The molecule has 8 heteroatoms. The Morgan fingerprint density at radius 2 is 1.78 bits per heavy atom. The summed E-state index contributed by atoms with van der Waals surface area (Å²) in [5, 5.41) is 3.08. The first-order valence-corrected chi connectivity index (χ1v) is 8.50. The van der Waals surface area contributed by atoms with E-state index >= 15 is 0 Å². The quantitative estimate of drug-likeness (QED) is 0.769. The highest BCUT2D eigenvalue weighted by Gasteiger charge is 2.35. The van der Waals surface area contributed by atoms with Crippen molar-refractivity contribution in [3.63, 3.8) is 0 Å². The zero-order valence-electron chi connectivity index (χ0n) is 14.7. The third kappa shape index (κ3) is 3.73. The van der Waals surface area contributed by atoms with Gasteiger partial charge in [0.25, 0.3) is 11.8 Å². The van der Waals surface area contributed by atoms with E-state index in [1.807, 2.05) is 0 Å². The van der Waals surface area contributed by atoms with Gasteiger partial charge in [-0.3, -0.25) is 19.3 Å². The Balaban J connectivity index is 1.67. The lowest BCUT2D eigenvalue weighted by atomic mass is 10.1. The van der Waals surface area contributed by atoms with Crippen molar-refractivity contribution in [2.75, 3.05) is 26.1 Å². The molecular formula is C19H17ClN2O5. The molecule has 0 aliphatic carbocycles. The minimum absolute atomic E-state index is 0.0396. The number of hydrogen-bond acceptors (Lipinski definition) is 5. The Hall–Kier alpha value is -3.06. The molecule has 1 heterocycles. The number of anilines is 1. The van der Waals surface area contributed by atoms with E-state index in [1.54, 1.807) is 24.3 Å². The Bertz CT molecular complexity index is 928. The molecule has 2 aromatic rings. The molecule has 0 bridgehead atoms. The summed E-state index contributed by atoms with van der Waals surface area (Å²) in [5.41, 5.74) is 0.984. The number of benzene rings is 2. The summed E-state index contributed by atoms with van der Waals surface area (Å²) < 4.78 is 10.3. The van der Waals surface area contributed by atoms with Gasteiger partial charge in [-0.25, -0.2) is 0 Å². The normalized spacial score (nSPS) is 12.8. The van der Waals surface area contributed by atoms with Crippen LogP contribution in [0.25, 0.3) is 0 Å². The Morgan fingerprint density at radius 1 is 1.04 bits per heavy atom. The average Bonchev–Trinajstić information content (AvgIpc) is 2.89. The van der Waals surface area contributed by atoms with Gasteiger partial charge in [-0.2, -0.15) is 0 Å². The SMILES string of the molecule is COc1ccc(OC)c(NC(=O)CCN2C(=O)c3ccc(Cl)cc3C2=O)c1. The molecule has 2 aromatic carbocycles. The van der Waals surface area contributed by atoms with Gasteiger partial charge in [-0.1, -0.05) is 11.6 Å². The van der Waals surface area contributed by atoms with Crippen molar-refractivity contribution < 1.29 is 23.9 Å². The average molecular weight is 389 g/mol. The molecule has 27 heavy (non-hydrogen) atoms. The Morgan fingerprint density at radius 3 is 2.48 bits per heavy atom. The lowest BCUT2D eigenvalue weighted by Gasteiger charge is -2.15. The van der Waals surface area contributed by atoms with Gasteiger partial charge in [0.05, 0.1) is 31.0 Å². The van der Waals surface area contributed by atoms with Crippen LogP contribution in [0, 0.1) is 0 Å². The molecule has 7 nitrogen and oxygen atoms in total. The smallest absolute Gasteiger partial charge is 0.261 e. The Kier molecular flexibility index (Phi) is 5.32. The fourth-order valence-electron chi connectivity index (χ4n) is 2.80. The first-order chi connectivity index (χ1) is 12.9. The third-order valence-electron chi connectivity index (χ3n) is 4.18. The van der Waals surface area contributed by atoms with Crippen molar-refractivity contribution in [1.29, 1.82) is 0 Å². The van der Waals surface area contributed by atoms with Crippen LogP contribution >= 0.6 is 11.6 Å². The van der Waals surface area contributed by atoms with Crippen molar-refractivity contribution in [2.24, 2.45) is 0 Å². The lowest BCUT2D eigenvalue weighted by molar-refractivity contribution is -0.116. The molecule has 0 radical (unpaired) electrons. The number of imide groups is 1. The predicted octanol–water partition coefficient (Wildman–Crippen LogP) is 2.98. The molecule has 0 fully saturated rings. The molecule has 0 unspecified atom stereocenters. The largest absolute Gasteiger partial charge is 0.497 e. The number of ether oxygens (including phenoxy) is 2. The summed E-state index contributed by atoms with van der Waals surface area (Å²) in [4.78, 5) is 38.1. The first kappa shape index (κ1) is 18.7. The van der Waals surface area contributed by atoms with E-state index < -0.39 is 11.8 Å². The summed E-state index contributed by atoms with van der Waals surface area (Å²) in [5.74, 6) is -0.221. The van der Waals surface area contributed by atoms with Gasteiger partial charge >= 0.3 is 0 Å². The zero-order valence-corrected chi connectivity index (χ0v) is 15.5. The number of fused-ring (bicyclic) bond motifs is 1. The van der Waals surface area contributed by atoms with Gasteiger partial charge in [-0.05, 0) is 30.3 Å². The molecule has 0 atom stereocenters. The van der Waals surface area contributed by atoms with Gasteiger partial charge in [-0.15, -0.1) is 0 Å². The highest BCUT2D eigenvalue weighted by Crippen LogP contribution is 2.29. The van der Waals surface area contributed by atoms with Crippen molar-refractivity contribution >= 4 is 35.0 Å². The summed E-state index contributed by atoms with van der Waals surface area (Å²) in [7, 11) is 3.00. The number of halogens is 1. The molecule has 1 N–H and O–H groups in total. The van der Waals surface area contributed by atoms with E-state index in [4.69, 9.17) is 21.1 Å². The van der Waals surface area contributed by atoms with Gasteiger partial charge in [0.2, 0.25) is 5.91 Å². The third-order valence-corrected chi connectivity index (χ3v) is 4.41. The van der Waals surface area contributed by atoms with Crippen LogP contribution in [0.15, 0.2) is 36.4 Å². The summed E-state index contributed by atoms with van der Waals surface area (Å²) >= 11 is 5.89. The van der Waals surface area contributed by atoms with Crippen LogP contribution in [0.1, 0.15) is 27.1 Å². The van der Waals surface area contributed by atoms with E-state index in [0.717, 1.165) is 4.90 Å². The van der Waals surface area contributed by atoms with Crippen LogP contribution in [-0.4, -0.2) is 43.4 Å². The highest BCUT2D eigenvalue weighted by molar-refractivity contribution is 6.32. The summed E-state index contributed by atoms with van der Waals surface area (Å²) in [6.07, 6.45) is -0.0560. The number of hydrogen-bond donors (Lipinski definition) is 1. The van der Waals surface area contributed by atoms with Crippen molar-refractivity contribution in [1.82, 2.24) is 4.90 Å². The van der Waals surface area contributed by atoms with E-state index in [9.17, 15) is 14.4 Å². The second kappa shape index (κ2) is 7.67. The Labute approximate surface area is 160 Å². The summed E-state index contributed by atoms with van der Waals surface area (Å²) in [6, 6.07) is 9.52. The van der Waals surface area contributed by atoms with Gasteiger partial charge in [0.1, 0.15) is 11.5 Å². The van der Waals surface area contributed by atoms with Crippen molar-refractivity contribution in [3.8, 4) is 11.5 Å². The van der Waals surface area contributed by atoms with Gasteiger partial charge < -0.3 is 14.8 Å². The molecule has 0 saturated heterocycles. The van der Waals surface area contributed by atoms with Crippen LogP contribution in [0.2, 0.25) is 5.02 Å². The lowest BCUT2D eigenvalue weighted by Crippen LogP contribution is -2.32. The fourth-order valence-corrected chi connectivity index (χ4v) is 2.98. The van der Waals surface area contributed by atoms with E-state index in [-0.39, 0.29) is 24.4 Å². The van der Waals surface area contributed by atoms with Crippen LogP contribution < -0.4 is 14.8 Å². The maximum Gasteiger partial charge on any atom is 0.261 e. The van der Waals surface area contributed by atoms with E-state index in [0.29, 0.717) is 27.8 Å². The molecule has 0 aromatic heterocycles. The molecule has 3 rings (SSSR count). The number of nitrogens with one attached hydrogen (secondary N) is 1. The van der Waals surface area contributed by atoms with Crippen LogP contribution in [0.5, 0.6) is 11.5 Å². The summed E-state index contributed by atoms with van der Waals surface area (Å²) in [6.45, 7) is -0.0396. The number of carbonyl (C=O) groups is 3. The molecule has 140 valence electrons. The van der Waals surface area contributed by atoms with Crippen LogP contribution in [0.3, 0.4) is 0 Å². The molecule has 3 amide bonds. The number of methoxy groups -OCH3 is 2. The van der Waals surface area contributed by atoms with Crippen LogP contribution in [0.4, 0.5) is 5.69 Å². The molecular weight excluding hydrogens is 372 g/mol. The second-order valence-corrected chi connectivity index (χ2v) is 6.25.